The third-order valence-electron chi connectivity index (χ3n) is 4.83. The van der Waals surface area contributed by atoms with Gasteiger partial charge in [-0.25, -0.2) is 9.97 Å². The highest BCUT2D eigenvalue weighted by Crippen LogP contribution is 2.14. The van der Waals surface area contributed by atoms with Crippen LogP contribution in [0.3, 0.4) is 0 Å². The molecule has 0 radical (unpaired) electrons. The quantitative estimate of drug-likeness (QED) is 0.760. The summed E-state index contributed by atoms with van der Waals surface area (Å²) in [6, 6.07) is 3.94. The van der Waals surface area contributed by atoms with Crippen molar-refractivity contribution >= 4 is 17.7 Å². The number of nitrogens with zero attached hydrogens (tertiary/aromatic N) is 7. The van der Waals surface area contributed by atoms with E-state index in [1.54, 1.807) is 12.4 Å². The van der Waals surface area contributed by atoms with Crippen LogP contribution in [0.5, 0.6) is 0 Å². The predicted molar refractivity (Wildman–Crippen MR) is 105 cm³/mol. The van der Waals surface area contributed by atoms with Gasteiger partial charge in [0, 0.05) is 51.7 Å². The normalized spacial score (nSPS) is 14.3. The highest BCUT2D eigenvalue weighted by atomic mass is 16.2. The Labute approximate surface area is 160 Å². The van der Waals surface area contributed by atoms with E-state index < -0.39 is 0 Å². The second kappa shape index (κ2) is 8.75. The number of carbonyl (C=O) groups is 1. The van der Waals surface area contributed by atoms with E-state index in [1.165, 1.54) is 0 Å². The van der Waals surface area contributed by atoms with Crippen LogP contribution in [0.1, 0.15) is 25.1 Å². The van der Waals surface area contributed by atoms with E-state index in [1.807, 2.05) is 24.0 Å². The second-order valence-electron chi connectivity index (χ2n) is 6.64. The average Bonchev–Trinajstić information content (AvgIpc) is 2.71. The van der Waals surface area contributed by atoms with Crippen molar-refractivity contribution in [2.75, 3.05) is 49.1 Å². The number of aromatic nitrogens is 4. The monoisotopic (exact) mass is 369 g/mol. The van der Waals surface area contributed by atoms with Gasteiger partial charge in [-0.15, -0.1) is 5.10 Å². The minimum atomic E-state index is 0.115. The van der Waals surface area contributed by atoms with E-state index in [0.29, 0.717) is 25.5 Å². The molecule has 0 atom stereocenters. The van der Waals surface area contributed by atoms with E-state index in [-0.39, 0.29) is 5.91 Å². The third kappa shape index (κ3) is 4.69. The minimum absolute atomic E-state index is 0.115. The summed E-state index contributed by atoms with van der Waals surface area (Å²) in [4.78, 5) is 27.5. The van der Waals surface area contributed by atoms with Crippen LogP contribution in [0, 0.1) is 6.92 Å². The SMILES string of the molecule is CCN(CC)c1ncc(CC(=O)N2CCN(c3ccc(C)nn3)CC2)cn1. The molecular formula is C19H27N7O. The smallest absolute Gasteiger partial charge is 0.227 e. The van der Waals surface area contributed by atoms with Gasteiger partial charge in [0.1, 0.15) is 0 Å². The van der Waals surface area contributed by atoms with Gasteiger partial charge in [-0.3, -0.25) is 4.79 Å². The van der Waals surface area contributed by atoms with Crippen LogP contribution in [0.4, 0.5) is 11.8 Å². The summed E-state index contributed by atoms with van der Waals surface area (Å²) < 4.78 is 0. The van der Waals surface area contributed by atoms with Crippen LogP contribution in [-0.2, 0) is 11.2 Å². The Hall–Kier alpha value is -2.77. The number of anilines is 2. The van der Waals surface area contributed by atoms with Gasteiger partial charge >= 0.3 is 0 Å². The summed E-state index contributed by atoms with van der Waals surface area (Å²) in [5, 5.41) is 8.33. The lowest BCUT2D eigenvalue weighted by molar-refractivity contribution is -0.130. The van der Waals surface area contributed by atoms with Crippen molar-refractivity contribution in [2.45, 2.75) is 27.2 Å². The Morgan fingerprint density at radius 1 is 1.04 bits per heavy atom. The highest BCUT2D eigenvalue weighted by molar-refractivity contribution is 5.79. The van der Waals surface area contributed by atoms with Crippen LogP contribution in [0.25, 0.3) is 0 Å². The van der Waals surface area contributed by atoms with E-state index in [9.17, 15) is 4.79 Å². The largest absolute Gasteiger partial charge is 0.352 e. The molecule has 0 N–H and O–H groups in total. The lowest BCUT2D eigenvalue weighted by Gasteiger charge is -2.35. The molecular weight excluding hydrogens is 342 g/mol. The molecule has 1 saturated heterocycles. The first-order valence-electron chi connectivity index (χ1n) is 9.49. The van der Waals surface area contributed by atoms with Crippen molar-refractivity contribution in [1.29, 1.82) is 0 Å². The number of hydrogen-bond acceptors (Lipinski definition) is 7. The van der Waals surface area contributed by atoms with Gasteiger partial charge < -0.3 is 14.7 Å². The molecule has 1 aliphatic heterocycles. The maximum atomic E-state index is 12.6. The molecule has 2 aromatic rings. The van der Waals surface area contributed by atoms with E-state index in [4.69, 9.17) is 0 Å². The van der Waals surface area contributed by atoms with E-state index in [2.05, 4.69) is 43.8 Å². The summed E-state index contributed by atoms with van der Waals surface area (Å²) >= 11 is 0. The molecule has 0 aromatic carbocycles. The zero-order chi connectivity index (χ0) is 19.2. The summed E-state index contributed by atoms with van der Waals surface area (Å²) in [7, 11) is 0. The Morgan fingerprint density at radius 2 is 1.70 bits per heavy atom. The Bertz CT molecular complexity index is 736. The number of carbonyl (C=O) groups excluding carboxylic acids is 1. The maximum absolute atomic E-state index is 12.6. The number of aryl methyl sites for hydroxylation is 1. The summed E-state index contributed by atoms with van der Waals surface area (Å²) in [5.41, 5.74) is 1.75. The zero-order valence-corrected chi connectivity index (χ0v) is 16.3. The van der Waals surface area contributed by atoms with Gasteiger partial charge in [-0.05, 0) is 38.5 Å². The number of hydrogen-bond donors (Lipinski definition) is 0. The van der Waals surface area contributed by atoms with Crippen molar-refractivity contribution in [3.63, 3.8) is 0 Å². The first-order valence-corrected chi connectivity index (χ1v) is 9.49. The van der Waals surface area contributed by atoms with Crippen molar-refractivity contribution < 1.29 is 4.79 Å². The second-order valence-corrected chi connectivity index (χ2v) is 6.64. The minimum Gasteiger partial charge on any atom is -0.352 e. The van der Waals surface area contributed by atoms with Crippen molar-refractivity contribution in [2.24, 2.45) is 0 Å². The molecule has 8 heteroatoms. The number of piperazine rings is 1. The highest BCUT2D eigenvalue weighted by Gasteiger charge is 2.22. The Kier molecular flexibility index (Phi) is 6.16. The zero-order valence-electron chi connectivity index (χ0n) is 16.3. The third-order valence-corrected chi connectivity index (χ3v) is 4.83. The lowest BCUT2D eigenvalue weighted by Crippen LogP contribution is -2.49. The van der Waals surface area contributed by atoms with Crippen molar-refractivity contribution in [3.05, 3.63) is 35.8 Å². The van der Waals surface area contributed by atoms with Gasteiger partial charge in [-0.1, -0.05) is 0 Å². The lowest BCUT2D eigenvalue weighted by atomic mass is 10.2. The van der Waals surface area contributed by atoms with Crippen LogP contribution in [0.2, 0.25) is 0 Å². The average molecular weight is 369 g/mol. The van der Waals surface area contributed by atoms with Crippen LogP contribution in [0.15, 0.2) is 24.5 Å². The molecule has 2 aromatic heterocycles. The molecule has 0 aliphatic carbocycles. The molecule has 0 spiro atoms. The number of amides is 1. The maximum Gasteiger partial charge on any atom is 0.227 e. The standard InChI is InChI=1S/C19H27N7O/c1-4-24(5-2)19-20-13-16(14-21-19)12-18(27)26-10-8-25(9-11-26)17-7-6-15(3)22-23-17/h6-7,13-14H,4-5,8-12H2,1-3H3. The number of rotatable bonds is 6. The Morgan fingerprint density at radius 3 is 2.26 bits per heavy atom. The molecule has 0 bridgehead atoms. The molecule has 27 heavy (non-hydrogen) atoms. The summed E-state index contributed by atoms with van der Waals surface area (Å²) in [6.07, 6.45) is 3.86. The molecule has 1 aliphatic rings. The first-order chi connectivity index (χ1) is 13.1. The van der Waals surface area contributed by atoms with Gasteiger partial charge in [-0.2, -0.15) is 5.10 Å². The van der Waals surface area contributed by atoms with Crippen molar-refractivity contribution in [1.82, 2.24) is 25.1 Å². The van der Waals surface area contributed by atoms with Crippen LogP contribution in [-0.4, -0.2) is 70.2 Å². The molecule has 3 heterocycles. The molecule has 3 rings (SSSR count). The van der Waals surface area contributed by atoms with Gasteiger partial charge in [0.15, 0.2) is 5.82 Å². The fourth-order valence-electron chi connectivity index (χ4n) is 3.14. The topological polar surface area (TPSA) is 78.4 Å². The van der Waals surface area contributed by atoms with E-state index in [0.717, 1.165) is 43.3 Å². The first kappa shape index (κ1) is 19.0. The molecule has 144 valence electrons. The Balaban J connectivity index is 1.53. The fourth-order valence-corrected chi connectivity index (χ4v) is 3.14. The van der Waals surface area contributed by atoms with E-state index >= 15 is 0 Å². The molecule has 1 amide bonds. The summed E-state index contributed by atoms with van der Waals surface area (Å²) in [5.74, 6) is 1.70. The van der Waals surface area contributed by atoms with Gasteiger partial charge in [0.2, 0.25) is 11.9 Å². The molecule has 1 fully saturated rings. The van der Waals surface area contributed by atoms with Crippen molar-refractivity contribution in [3.8, 4) is 0 Å². The van der Waals surface area contributed by atoms with Crippen LogP contribution < -0.4 is 9.80 Å². The predicted octanol–water partition coefficient (Wildman–Crippen LogP) is 1.31. The van der Waals surface area contributed by atoms with Gasteiger partial charge in [0.25, 0.3) is 0 Å². The molecule has 8 nitrogen and oxygen atoms in total. The van der Waals surface area contributed by atoms with Gasteiger partial charge in [0.05, 0.1) is 12.1 Å². The molecule has 0 unspecified atom stereocenters. The molecule has 0 saturated carbocycles. The van der Waals surface area contributed by atoms with Crippen LogP contribution >= 0.6 is 0 Å². The fraction of sp³-hybridized carbons (Fsp3) is 0.526. The summed E-state index contributed by atoms with van der Waals surface area (Å²) in [6.45, 7) is 10.7.